The van der Waals surface area contributed by atoms with Crippen molar-refractivity contribution in [1.29, 1.82) is 0 Å². The molecule has 0 aromatic rings. The molecule has 1 atom stereocenters. The summed E-state index contributed by atoms with van der Waals surface area (Å²) < 4.78 is 0. The first-order valence-corrected chi connectivity index (χ1v) is 7.82. The predicted octanol–water partition coefficient (Wildman–Crippen LogP) is 4.46. The first kappa shape index (κ1) is 14.0. The van der Waals surface area contributed by atoms with E-state index < -0.39 is 6.63 Å². The summed E-state index contributed by atoms with van der Waals surface area (Å²) >= 11 is 10.2. The predicted molar refractivity (Wildman–Crippen MR) is 58.7 cm³/mol. The number of rotatable bonds is 3. The summed E-state index contributed by atoms with van der Waals surface area (Å²) in [6.07, 6.45) is 5.38. The molecule has 0 aromatic heterocycles. The van der Waals surface area contributed by atoms with E-state index in [9.17, 15) is 0 Å². The highest BCUT2D eigenvalue weighted by Crippen LogP contribution is 2.41. The number of hydrogen-bond donors (Lipinski definition) is 0. The SMILES string of the molecule is CCCCCP.CP(Cl)Cl. The van der Waals surface area contributed by atoms with Gasteiger partial charge in [0.1, 0.15) is 0 Å². The zero-order valence-corrected chi connectivity index (χ0v) is 10.2. The molecule has 0 spiro atoms. The third kappa shape index (κ3) is 34.1. The molecule has 0 aliphatic carbocycles. The van der Waals surface area contributed by atoms with Crippen LogP contribution in [0.1, 0.15) is 26.2 Å². The summed E-state index contributed by atoms with van der Waals surface area (Å²) in [4.78, 5) is 0. The van der Waals surface area contributed by atoms with E-state index in [1.165, 1.54) is 25.4 Å². The highest BCUT2D eigenvalue weighted by atomic mass is 35.9. The van der Waals surface area contributed by atoms with E-state index in [1.807, 2.05) is 0 Å². The van der Waals surface area contributed by atoms with Gasteiger partial charge in [-0.2, -0.15) is 0 Å². The fraction of sp³-hybridized carbons (Fsp3) is 1.00. The van der Waals surface area contributed by atoms with Gasteiger partial charge in [-0.15, -0.1) is 9.24 Å². The van der Waals surface area contributed by atoms with Crippen LogP contribution in [0, 0.1) is 0 Å². The molecule has 1 unspecified atom stereocenters. The van der Waals surface area contributed by atoms with Crippen LogP contribution in [0.15, 0.2) is 0 Å². The van der Waals surface area contributed by atoms with Gasteiger partial charge < -0.3 is 0 Å². The molecule has 0 saturated carbocycles. The van der Waals surface area contributed by atoms with Crippen molar-refractivity contribution in [3.63, 3.8) is 0 Å². The monoisotopic (exact) mass is 220 g/mol. The molecule has 0 bridgehead atoms. The second kappa shape index (κ2) is 13.1. The molecule has 64 valence electrons. The van der Waals surface area contributed by atoms with Gasteiger partial charge in [0, 0.05) is 0 Å². The lowest BCUT2D eigenvalue weighted by Crippen LogP contribution is -1.70. The van der Waals surface area contributed by atoms with Gasteiger partial charge in [0.2, 0.25) is 0 Å². The van der Waals surface area contributed by atoms with E-state index in [-0.39, 0.29) is 0 Å². The van der Waals surface area contributed by atoms with Crippen molar-refractivity contribution < 1.29 is 0 Å². The van der Waals surface area contributed by atoms with E-state index in [0.29, 0.717) is 0 Å². The summed E-state index contributed by atoms with van der Waals surface area (Å²) in [5.41, 5.74) is 0. The molecule has 0 saturated heterocycles. The van der Waals surface area contributed by atoms with E-state index >= 15 is 0 Å². The van der Waals surface area contributed by atoms with Crippen LogP contribution in [0.2, 0.25) is 0 Å². The van der Waals surface area contributed by atoms with Crippen LogP contribution in [0.4, 0.5) is 0 Å². The third-order valence-electron chi connectivity index (χ3n) is 0.808. The van der Waals surface area contributed by atoms with Crippen molar-refractivity contribution in [2.75, 3.05) is 12.8 Å². The Hall–Kier alpha value is 1.44. The molecule has 0 heterocycles. The Labute approximate surface area is 77.6 Å². The number of halogens is 2. The minimum absolute atomic E-state index is 0.676. The van der Waals surface area contributed by atoms with E-state index in [0.717, 1.165) is 0 Å². The number of unbranched alkanes of at least 4 members (excludes halogenated alkanes) is 2. The topological polar surface area (TPSA) is 0 Å². The summed E-state index contributed by atoms with van der Waals surface area (Å²) in [5, 5.41) is 0. The summed E-state index contributed by atoms with van der Waals surface area (Å²) in [6, 6.07) is 0. The second-order valence-corrected chi connectivity index (χ2v) is 6.84. The Bertz CT molecular complexity index is 44.3. The van der Waals surface area contributed by atoms with Gasteiger partial charge in [0.25, 0.3) is 0 Å². The molecule has 0 N–H and O–H groups in total. The third-order valence-corrected chi connectivity index (χ3v) is 1.22. The van der Waals surface area contributed by atoms with Crippen LogP contribution in [0.5, 0.6) is 0 Å². The van der Waals surface area contributed by atoms with E-state index in [2.05, 4.69) is 16.2 Å². The Balaban J connectivity index is 0. The van der Waals surface area contributed by atoms with Crippen molar-refractivity contribution >= 4 is 38.3 Å². The van der Waals surface area contributed by atoms with Gasteiger partial charge in [0.15, 0.2) is 0 Å². The average Bonchev–Trinajstić information content (AvgIpc) is 1.82. The molecule has 0 radical (unpaired) electrons. The Kier molecular flexibility index (Phi) is 18.3. The average molecular weight is 221 g/mol. The minimum Gasteiger partial charge on any atom is -0.138 e. The van der Waals surface area contributed by atoms with Gasteiger partial charge in [0.05, 0.1) is 6.63 Å². The normalized spacial score (nSPS) is 9.00. The lowest BCUT2D eigenvalue weighted by atomic mass is 10.3. The first-order chi connectivity index (χ1) is 4.65. The molecule has 0 rings (SSSR count). The van der Waals surface area contributed by atoms with Crippen LogP contribution in [0.3, 0.4) is 0 Å². The maximum atomic E-state index is 5.10. The quantitative estimate of drug-likeness (QED) is 0.487. The highest BCUT2D eigenvalue weighted by molar-refractivity contribution is 8.03. The molecule has 0 fully saturated rings. The summed E-state index contributed by atoms with van der Waals surface area (Å²) in [7, 11) is 2.73. The van der Waals surface area contributed by atoms with E-state index in [4.69, 9.17) is 22.5 Å². The van der Waals surface area contributed by atoms with E-state index in [1.54, 1.807) is 6.66 Å². The molecule has 0 aliphatic heterocycles. The van der Waals surface area contributed by atoms with Gasteiger partial charge in [-0.05, 0) is 19.2 Å². The minimum atomic E-state index is -0.676. The molecule has 0 amide bonds. The van der Waals surface area contributed by atoms with Crippen molar-refractivity contribution in [2.45, 2.75) is 26.2 Å². The number of hydrogen-bond acceptors (Lipinski definition) is 0. The zero-order chi connectivity index (χ0) is 8.41. The maximum absolute atomic E-state index is 5.10. The summed E-state index contributed by atoms with van der Waals surface area (Å²) in [6.45, 7) is 3.31. The van der Waals surface area contributed by atoms with Gasteiger partial charge in [-0.3, -0.25) is 0 Å². The van der Waals surface area contributed by atoms with Crippen molar-refractivity contribution in [2.24, 2.45) is 0 Å². The largest absolute Gasteiger partial charge is 0.138 e. The summed E-state index contributed by atoms with van der Waals surface area (Å²) in [5.74, 6) is 0. The Morgan fingerprint density at radius 3 is 1.80 bits per heavy atom. The highest BCUT2D eigenvalue weighted by Gasteiger charge is 1.75. The zero-order valence-electron chi connectivity index (χ0n) is 6.61. The molecular formula is C6H16Cl2P2. The second-order valence-electron chi connectivity index (χ2n) is 1.90. The molecule has 4 heteroatoms. The standard InChI is InChI=1S/C5H13P.CH3Cl2P/c1-2-3-4-5-6;1-4(2)3/h2-6H2,1H3;1H3. The van der Waals surface area contributed by atoms with Crippen molar-refractivity contribution in [3.05, 3.63) is 0 Å². The van der Waals surface area contributed by atoms with Crippen LogP contribution >= 0.6 is 38.3 Å². The lowest BCUT2D eigenvalue weighted by molar-refractivity contribution is 0.779. The molecule has 0 nitrogen and oxygen atoms in total. The molecule has 10 heavy (non-hydrogen) atoms. The van der Waals surface area contributed by atoms with Gasteiger partial charge in [-0.25, -0.2) is 0 Å². The fourth-order valence-electron chi connectivity index (χ4n) is 0.394. The van der Waals surface area contributed by atoms with Crippen LogP contribution in [0.25, 0.3) is 0 Å². The van der Waals surface area contributed by atoms with Crippen LogP contribution < -0.4 is 0 Å². The molecular weight excluding hydrogens is 205 g/mol. The fourth-order valence-corrected chi connectivity index (χ4v) is 0.683. The Morgan fingerprint density at radius 1 is 1.30 bits per heavy atom. The Morgan fingerprint density at radius 2 is 1.70 bits per heavy atom. The maximum Gasteiger partial charge on any atom is 0.0823 e. The molecule has 0 aromatic carbocycles. The van der Waals surface area contributed by atoms with Crippen LogP contribution in [-0.2, 0) is 0 Å². The van der Waals surface area contributed by atoms with Crippen LogP contribution in [-0.4, -0.2) is 12.8 Å². The van der Waals surface area contributed by atoms with Gasteiger partial charge >= 0.3 is 0 Å². The smallest absolute Gasteiger partial charge is 0.0823 e. The molecule has 0 aliphatic rings. The van der Waals surface area contributed by atoms with Crippen molar-refractivity contribution in [1.82, 2.24) is 0 Å². The first-order valence-electron chi connectivity index (χ1n) is 3.40. The van der Waals surface area contributed by atoms with Gasteiger partial charge in [-0.1, -0.05) is 42.2 Å². The lowest BCUT2D eigenvalue weighted by Gasteiger charge is -1.86. The van der Waals surface area contributed by atoms with Crippen molar-refractivity contribution in [3.8, 4) is 0 Å².